The maximum absolute atomic E-state index is 13.8. The van der Waals surface area contributed by atoms with Crippen LogP contribution in [-0.2, 0) is 0 Å². The Morgan fingerprint density at radius 3 is 2.47 bits per heavy atom. The molecule has 1 aromatic rings. The first-order valence-electron chi connectivity index (χ1n) is 7.12. The monoisotopic (exact) mass is 283 g/mol. The van der Waals surface area contributed by atoms with Crippen LogP contribution in [0.3, 0.4) is 0 Å². The van der Waals surface area contributed by atoms with Crippen molar-refractivity contribution in [2.45, 2.75) is 44.9 Å². The SMILES string of the molecule is Fc1cnc(Cl)nc1N1CCC2(CCCCC2)CC1. The van der Waals surface area contributed by atoms with Crippen LogP contribution in [0.15, 0.2) is 6.20 Å². The van der Waals surface area contributed by atoms with Gasteiger partial charge in [-0.1, -0.05) is 19.3 Å². The molecular formula is C14H19ClFN3. The minimum absolute atomic E-state index is 0.120. The zero-order valence-electron chi connectivity index (χ0n) is 11.0. The van der Waals surface area contributed by atoms with E-state index >= 15 is 0 Å². The molecule has 0 atom stereocenters. The summed E-state index contributed by atoms with van der Waals surface area (Å²) in [6.07, 6.45) is 10.2. The van der Waals surface area contributed by atoms with Gasteiger partial charge in [-0.25, -0.2) is 9.37 Å². The Bertz CT molecular complexity index is 450. The molecule has 2 heterocycles. The first-order valence-corrected chi connectivity index (χ1v) is 7.49. The summed E-state index contributed by atoms with van der Waals surface area (Å²) >= 11 is 5.76. The molecule has 3 nitrogen and oxygen atoms in total. The molecule has 2 aliphatic rings. The largest absolute Gasteiger partial charge is 0.354 e. The third-order valence-corrected chi connectivity index (χ3v) is 4.92. The molecule has 2 fully saturated rings. The Kier molecular flexibility index (Phi) is 3.61. The van der Waals surface area contributed by atoms with Crippen molar-refractivity contribution in [3.63, 3.8) is 0 Å². The van der Waals surface area contributed by atoms with Crippen molar-refractivity contribution in [3.05, 3.63) is 17.3 Å². The van der Waals surface area contributed by atoms with Crippen LogP contribution in [0.5, 0.6) is 0 Å². The van der Waals surface area contributed by atoms with Gasteiger partial charge in [0, 0.05) is 13.1 Å². The van der Waals surface area contributed by atoms with Crippen molar-refractivity contribution in [3.8, 4) is 0 Å². The molecule has 1 aliphatic carbocycles. The standard InChI is InChI=1S/C14H19ClFN3/c15-13-17-10-11(16)12(18-13)19-8-6-14(7-9-19)4-2-1-3-5-14/h10H,1-9H2. The molecule has 1 aromatic heterocycles. The highest BCUT2D eigenvalue weighted by Crippen LogP contribution is 2.45. The number of hydrogen-bond donors (Lipinski definition) is 0. The van der Waals surface area contributed by atoms with E-state index in [-0.39, 0.29) is 11.1 Å². The molecule has 0 aromatic carbocycles. The van der Waals surface area contributed by atoms with Gasteiger partial charge >= 0.3 is 0 Å². The van der Waals surface area contributed by atoms with Gasteiger partial charge in [-0.2, -0.15) is 4.98 Å². The maximum Gasteiger partial charge on any atom is 0.224 e. The second-order valence-electron chi connectivity index (χ2n) is 5.86. The Morgan fingerprint density at radius 2 is 1.79 bits per heavy atom. The third-order valence-electron chi connectivity index (χ3n) is 4.73. The van der Waals surface area contributed by atoms with E-state index in [2.05, 4.69) is 9.97 Å². The lowest BCUT2D eigenvalue weighted by atomic mass is 9.68. The highest BCUT2D eigenvalue weighted by atomic mass is 35.5. The topological polar surface area (TPSA) is 29.0 Å². The normalized spacial score (nSPS) is 22.7. The van der Waals surface area contributed by atoms with E-state index in [1.807, 2.05) is 4.90 Å². The molecular weight excluding hydrogens is 265 g/mol. The van der Waals surface area contributed by atoms with Gasteiger partial charge in [0.2, 0.25) is 5.28 Å². The lowest BCUT2D eigenvalue weighted by Gasteiger charge is -2.44. The van der Waals surface area contributed by atoms with Crippen molar-refractivity contribution in [2.24, 2.45) is 5.41 Å². The highest BCUT2D eigenvalue weighted by Gasteiger charge is 2.36. The summed E-state index contributed by atoms with van der Waals surface area (Å²) in [4.78, 5) is 9.72. The van der Waals surface area contributed by atoms with E-state index < -0.39 is 0 Å². The molecule has 3 rings (SSSR count). The molecule has 0 N–H and O–H groups in total. The fourth-order valence-corrected chi connectivity index (χ4v) is 3.68. The van der Waals surface area contributed by atoms with Crippen LogP contribution in [0.2, 0.25) is 5.28 Å². The van der Waals surface area contributed by atoms with Crippen molar-refractivity contribution in [1.29, 1.82) is 0 Å². The summed E-state index contributed by atoms with van der Waals surface area (Å²) in [5, 5.41) is 0.120. The molecule has 0 bridgehead atoms. The van der Waals surface area contributed by atoms with Gasteiger partial charge in [-0.05, 0) is 42.7 Å². The van der Waals surface area contributed by atoms with E-state index in [4.69, 9.17) is 11.6 Å². The average Bonchev–Trinajstić information content (AvgIpc) is 2.44. The Morgan fingerprint density at radius 1 is 1.11 bits per heavy atom. The molecule has 1 aliphatic heterocycles. The number of aromatic nitrogens is 2. The highest BCUT2D eigenvalue weighted by molar-refractivity contribution is 6.28. The summed E-state index contributed by atoms with van der Waals surface area (Å²) in [6, 6.07) is 0. The van der Waals surface area contributed by atoms with Gasteiger partial charge < -0.3 is 4.90 Å². The van der Waals surface area contributed by atoms with Crippen LogP contribution in [0, 0.1) is 11.2 Å². The molecule has 1 spiro atoms. The Labute approximate surface area is 118 Å². The summed E-state index contributed by atoms with van der Waals surface area (Å²) in [6.45, 7) is 1.76. The first kappa shape index (κ1) is 13.1. The van der Waals surface area contributed by atoms with Crippen molar-refractivity contribution >= 4 is 17.4 Å². The van der Waals surface area contributed by atoms with Gasteiger partial charge in [0.05, 0.1) is 6.20 Å². The fraction of sp³-hybridized carbons (Fsp3) is 0.714. The summed E-state index contributed by atoms with van der Waals surface area (Å²) in [5.41, 5.74) is 0.516. The number of halogens is 2. The minimum atomic E-state index is -0.371. The minimum Gasteiger partial charge on any atom is -0.354 e. The van der Waals surface area contributed by atoms with Crippen molar-refractivity contribution in [2.75, 3.05) is 18.0 Å². The summed E-state index contributed by atoms with van der Waals surface area (Å²) in [5.74, 6) is -0.00495. The molecule has 0 amide bonds. The maximum atomic E-state index is 13.8. The zero-order valence-corrected chi connectivity index (χ0v) is 11.8. The van der Waals surface area contributed by atoms with Crippen LogP contribution in [-0.4, -0.2) is 23.1 Å². The predicted molar refractivity (Wildman–Crippen MR) is 74.0 cm³/mol. The van der Waals surface area contributed by atoms with E-state index in [9.17, 15) is 4.39 Å². The fourth-order valence-electron chi connectivity index (χ4n) is 3.55. The van der Waals surface area contributed by atoms with Gasteiger partial charge in [0.25, 0.3) is 0 Å². The van der Waals surface area contributed by atoms with Crippen LogP contribution >= 0.6 is 11.6 Å². The van der Waals surface area contributed by atoms with Crippen LogP contribution in [0.1, 0.15) is 44.9 Å². The number of anilines is 1. The van der Waals surface area contributed by atoms with Crippen LogP contribution < -0.4 is 4.90 Å². The molecule has 19 heavy (non-hydrogen) atoms. The molecule has 0 unspecified atom stereocenters. The van der Waals surface area contributed by atoms with Gasteiger partial charge in [-0.3, -0.25) is 0 Å². The van der Waals surface area contributed by atoms with Crippen LogP contribution in [0.25, 0.3) is 0 Å². The molecule has 1 saturated heterocycles. The van der Waals surface area contributed by atoms with Gasteiger partial charge in [0.1, 0.15) is 0 Å². The van der Waals surface area contributed by atoms with E-state index in [0.29, 0.717) is 11.2 Å². The second kappa shape index (κ2) is 5.23. The first-order chi connectivity index (χ1) is 9.19. The van der Waals surface area contributed by atoms with E-state index in [0.717, 1.165) is 32.1 Å². The number of piperidine rings is 1. The summed E-state index contributed by atoms with van der Waals surface area (Å²) in [7, 11) is 0. The quantitative estimate of drug-likeness (QED) is 0.734. The van der Waals surface area contributed by atoms with E-state index in [1.54, 1.807) is 0 Å². The average molecular weight is 284 g/mol. The number of nitrogens with zero attached hydrogens (tertiary/aromatic N) is 3. The molecule has 104 valence electrons. The second-order valence-corrected chi connectivity index (χ2v) is 6.20. The lowest BCUT2D eigenvalue weighted by molar-refractivity contribution is 0.144. The lowest BCUT2D eigenvalue weighted by Crippen LogP contribution is -2.41. The number of rotatable bonds is 1. The van der Waals surface area contributed by atoms with Crippen molar-refractivity contribution in [1.82, 2.24) is 9.97 Å². The third kappa shape index (κ3) is 2.69. The molecule has 5 heteroatoms. The number of hydrogen-bond acceptors (Lipinski definition) is 3. The van der Waals surface area contributed by atoms with Gasteiger partial charge in [-0.15, -0.1) is 0 Å². The predicted octanol–water partition coefficient (Wildman–Crippen LogP) is 3.82. The van der Waals surface area contributed by atoms with Gasteiger partial charge in [0.15, 0.2) is 11.6 Å². The zero-order chi connectivity index (χ0) is 13.3. The van der Waals surface area contributed by atoms with Crippen molar-refractivity contribution < 1.29 is 4.39 Å². The summed E-state index contributed by atoms with van der Waals surface area (Å²) < 4.78 is 13.8. The van der Waals surface area contributed by atoms with E-state index in [1.165, 1.54) is 32.1 Å². The smallest absolute Gasteiger partial charge is 0.224 e. The molecule has 0 radical (unpaired) electrons. The molecule has 1 saturated carbocycles. The van der Waals surface area contributed by atoms with Crippen LogP contribution in [0.4, 0.5) is 10.2 Å². The Hall–Kier alpha value is -0.900. The Balaban J connectivity index is 1.71.